The lowest BCUT2D eigenvalue weighted by Gasteiger charge is -2.21. The van der Waals surface area contributed by atoms with Crippen LogP contribution in [0.15, 0.2) is 54.7 Å². The Balaban J connectivity index is 1.65. The van der Waals surface area contributed by atoms with Crippen LogP contribution in [-0.2, 0) is 0 Å². The highest BCUT2D eigenvalue weighted by Crippen LogP contribution is 2.34. The van der Waals surface area contributed by atoms with E-state index in [4.69, 9.17) is 11.6 Å². The Morgan fingerprint density at radius 2 is 1.97 bits per heavy atom. The molecule has 2 heterocycles. The number of nitrogens with zero attached hydrogens (tertiary/aromatic N) is 3. The maximum absolute atomic E-state index is 14.8. The summed E-state index contributed by atoms with van der Waals surface area (Å²) < 4.78 is 44.6. The zero-order valence-electron chi connectivity index (χ0n) is 18.0. The zero-order valence-corrected chi connectivity index (χ0v) is 18.8. The fourth-order valence-electron chi connectivity index (χ4n) is 3.71. The number of β-amino-alcohol motifs (C(OH)–C–C–N with tert-alkyl or cyclic N) is 1. The van der Waals surface area contributed by atoms with Gasteiger partial charge in [-0.25, -0.2) is 9.37 Å². The Morgan fingerprint density at radius 1 is 1.23 bits per heavy atom. The molecule has 1 aromatic heterocycles. The lowest BCUT2D eigenvalue weighted by atomic mass is 10.0. The second-order valence-corrected chi connectivity index (χ2v) is 8.26. The van der Waals surface area contributed by atoms with Crippen molar-refractivity contribution >= 4 is 29.0 Å². The molecule has 0 unspecified atom stereocenters. The number of hydrogen-bond acceptors (Lipinski definition) is 6. The van der Waals surface area contributed by atoms with Crippen LogP contribution in [0.5, 0.6) is 5.75 Å². The largest absolute Gasteiger partial charge is 0.487 e. The van der Waals surface area contributed by atoms with Gasteiger partial charge in [-0.15, -0.1) is 8.78 Å². The molecular weight excluding hydrogens is 485 g/mol. The fourth-order valence-corrected chi connectivity index (χ4v) is 3.80. The third-order valence-corrected chi connectivity index (χ3v) is 5.40. The predicted molar refractivity (Wildman–Crippen MR) is 123 cm³/mol. The van der Waals surface area contributed by atoms with Crippen molar-refractivity contribution in [3.63, 3.8) is 0 Å². The van der Waals surface area contributed by atoms with E-state index in [1.807, 2.05) is 6.07 Å². The molecule has 0 bridgehead atoms. The standard InChI is InChI=1S/C24H18ClF3N4O3/c25-24(27,28)35-18-4-2-16(3-5-18)31-23(34)15-10-20(19-9-14(11-29)1-6-21(19)26)22(30-12-15)32-8-7-17(33)13-32/h1-6,9-10,12,17,33H,7-8,13H2,(H,31,34)/t17-/m1/s1. The summed E-state index contributed by atoms with van der Waals surface area (Å²) >= 11 is 4.74. The molecule has 1 saturated heterocycles. The molecule has 1 amide bonds. The number of nitrogens with one attached hydrogen (secondary N) is 1. The molecule has 1 aliphatic rings. The average molecular weight is 503 g/mol. The highest BCUT2D eigenvalue weighted by atomic mass is 35.5. The smallest absolute Gasteiger partial charge is 0.420 e. The molecule has 7 nitrogen and oxygen atoms in total. The predicted octanol–water partition coefficient (Wildman–Crippen LogP) is 4.75. The second kappa shape index (κ2) is 9.82. The molecule has 1 aliphatic heterocycles. The minimum Gasteiger partial charge on any atom is -0.420 e. The van der Waals surface area contributed by atoms with E-state index in [2.05, 4.69) is 15.0 Å². The summed E-state index contributed by atoms with van der Waals surface area (Å²) in [6, 6.07) is 12.4. The summed E-state index contributed by atoms with van der Waals surface area (Å²) in [5.74, 6) is -1.01. The van der Waals surface area contributed by atoms with Crippen LogP contribution in [0.2, 0.25) is 0 Å². The van der Waals surface area contributed by atoms with E-state index >= 15 is 0 Å². The van der Waals surface area contributed by atoms with Crippen molar-refractivity contribution in [1.29, 1.82) is 5.26 Å². The number of alkyl halides is 3. The fraction of sp³-hybridized carbons (Fsp3) is 0.208. The molecular formula is C24H18ClF3N4O3. The van der Waals surface area contributed by atoms with Gasteiger partial charge in [-0.2, -0.15) is 5.26 Å². The van der Waals surface area contributed by atoms with Gasteiger partial charge in [-0.3, -0.25) is 4.79 Å². The highest BCUT2D eigenvalue weighted by Gasteiger charge is 2.28. The molecule has 180 valence electrons. The van der Waals surface area contributed by atoms with Gasteiger partial charge in [-0.05, 0) is 55.0 Å². The van der Waals surface area contributed by atoms with Crippen molar-refractivity contribution in [1.82, 2.24) is 4.98 Å². The van der Waals surface area contributed by atoms with E-state index in [0.717, 1.165) is 6.07 Å². The van der Waals surface area contributed by atoms with Gasteiger partial charge in [0.15, 0.2) is 0 Å². The van der Waals surface area contributed by atoms with Crippen molar-refractivity contribution < 1.29 is 27.8 Å². The Bertz CT molecular complexity index is 1290. The van der Waals surface area contributed by atoms with E-state index < -0.39 is 23.4 Å². The van der Waals surface area contributed by atoms with Crippen LogP contribution < -0.4 is 15.0 Å². The number of aliphatic hydroxyl groups is 1. The summed E-state index contributed by atoms with van der Waals surface area (Å²) in [7, 11) is 0. The Labute approximate surface area is 203 Å². The van der Waals surface area contributed by atoms with E-state index in [1.54, 1.807) is 4.90 Å². The summed E-state index contributed by atoms with van der Waals surface area (Å²) in [5, 5.41) is 21.8. The monoisotopic (exact) mass is 502 g/mol. The van der Waals surface area contributed by atoms with Crippen LogP contribution in [-0.4, -0.2) is 40.8 Å². The van der Waals surface area contributed by atoms with Gasteiger partial charge in [0.25, 0.3) is 5.91 Å². The molecule has 1 atom stereocenters. The number of carbonyl (C=O) groups excluding carboxylic acids is 1. The number of anilines is 2. The third-order valence-electron chi connectivity index (χ3n) is 5.32. The molecule has 3 aromatic rings. The van der Waals surface area contributed by atoms with Crippen LogP contribution >= 0.6 is 11.6 Å². The first-order valence-corrected chi connectivity index (χ1v) is 10.8. The summed E-state index contributed by atoms with van der Waals surface area (Å²) in [4.78, 5) is 19.0. The molecule has 0 spiro atoms. The molecule has 4 rings (SSSR count). The SMILES string of the molecule is N#Cc1ccc(F)c(-c2cc(C(=O)Nc3ccc(OC(F)(F)Cl)cc3)cnc2N2CC[C@@H](O)C2)c1. The molecule has 35 heavy (non-hydrogen) atoms. The number of aromatic nitrogens is 1. The van der Waals surface area contributed by atoms with Crippen LogP contribution in [0.4, 0.5) is 24.7 Å². The molecule has 0 radical (unpaired) electrons. The van der Waals surface area contributed by atoms with Crippen molar-refractivity contribution in [2.45, 2.75) is 18.1 Å². The Hall–Kier alpha value is -3.81. The van der Waals surface area contributed by atoms with Crippen molar-refractivity contribution in [3.05, 3.63) is 71.7 Å². The van der Waals surface area contributed by atoms with Gasteiger partial charge >= 0.3 is 5.57 Å². The number of nitriles is 1. The van der Waals surface area contributed by atoms with Gasteiger partial charge < -0.3 is 20.1 Å². The number of carbonyl (C=O) groups is 1. The van der Waals surface area contributed by atoms with Gasteiger partial charge in [0.2, 0.25) is 0 Å². The number of amides is 1. The first-order valence-electron chi connectivity index (χ1n) is 10.4. The van der Waals surface area contributed by atoms with Gasteiger partial charge in [0.05, 0.1) is 23.3 Å². The number of aliphatic hydroxyl groups excluding tert-OH is 1. The molecule has 2 aromatic carbocycles. The number of pyridine rings is 1. The summed E-state index contributed by atoms with van der Waals surface area (Å²) in [5.41, 5.74) is -2.88. The van der Waals surface area contributed by atoms with Crippen molar-refractivity contribution in [2.75, 3.05) is 23.3 Å². The quantitative estimate of drug-likeness (QED) is 0.472. The van der Waals surface area contributed by atoms with Gasteiger partial charge in [0.1, 0.15) is 17.4 Å². The molecule has 11 heteroatoms. The minimum absolute atomic E-state index is 0.0890. The van der Waals surface area contributed by atoms with Crippen molar-refractivity contribution in [2.24, 2.45) is 0 Å². The first-order chi connectivity index (χ1) is 16.6. The lowest BCUT2D eigenvalue weighted by molar-refractivity contribution is -0.0964. The van der Waals surface area contributed by atoms with Crippen LogP contribution in [0, 0.1) is 17.1 Å². The third kappa shape index (κ3) is 5.82. The number of halogens is 4. The van der Waals surface area contributed by atoms with Crippen LogP contribution in [0.1, 0.15) is 22.3 Å². The Morgan fingerprint density at radius 3 is 2.60 bits per heavy atom. The normalized spacial score (nSPS) is 15.5. The topological polar surface area (TPSA) is 98.5 Å². The van der Waals surface area contributed by atoms with Crippen LogP contribution in [0.3, 0.4) is 0 Å². The van der Waals surface area contributed by atoms with Gasteiger partial charge in [0, 0.05) is 47.7 Å². The number of hydrogen-bond donors (Lipinski definition) is 2. The second-order valence-electron chi connectivity index (χ2n) is 7.82. The summed E-state index contributed by atoms with van der Waals surface area (Å²) in [6.07, 6.45) is 1.27. The first kappa shape index (κ1) is 24.3. The minimum atomic E-state index is -3.86. The Kier molecular flexibility index (Phi) is 6.82. The lowest BCUT2D eigenvalue weighted by Crippen LogP contribution is -2.23. The van der Waals surface area contributed by atoms with E-state index in [9.17, 15) is 28.3 Å². The molecule has 0 aliphatic carbocycles. The maximum atomic E-state index is 14.8. The molecule has 0 saturated carbocycles. The van der Waals surface area contributed by atoms with Crippen molar-refractivity contribution in [3.8, 4) is 22.9 Å². The van der Waals surface area contributed by atoms with E-state index in [0.29, 0.717) is 25.3 Å². The molecule has 1 fully saturated rings. The summed E-state index contributed by atoms with van der Waals surface area (Å²) in [6.45, 7) is 0.781. The maximum Gasteiger partial charge on any atom is 0.487 e. The molecule has 2 N–H and O–H groups in total. The van der Waals surface area contributed by atoms with Gasteiger partial charge in [-0.1, -0.05) is 0 Å². The van der Waals surface area contributed by atoms with E-state index in [1.165, 1.54) is 48.7 Å². The zero-order chi connectivity index (χ0) is 25.2. The number of benzene rings is 2. The highest BCUT2D eigenvalue weighted by molar-refractivity contribution is 6.20. The average Bonchev–Trinajstić information content (AvgIpc) is 3.25. The van der Waals surface area contributed by atoms with E-state index in [-0.39, 0.29) is 33.7 Å². The number of rotatable bonds is 6. The number of ether oxygens (including phenoxy) is 1. The van der Waals surface area contributed by atoms with Crippen LogP contribution in [0.25, 0.3) is 11.1 Å².